The second-order valence-corrected chi connectivity index (χ2v) is 1.61. The maximum atomic E-state index is 4.53. The molecule has 0 aromatic rings. The number of hydrogen-bond acceptors (Lipinski definition) is 3. The van der Waals surface area contributed by atoms with E-state index in [0.29, 0.717) is 0 Å². The molecule has 0 bridgehead atoms. The van der Waals surface area contributed by atoms with E-state index in [4.69, 9.17) is 0 Å². The SMILES string of the molecule is CC(C)OON=[SiH2]. The molecule has 0 unspecified atom stereocenters. The third-order valence-electron chi connectivity index (χ3n) is 0.288. The molecule has 0 N–H and O–H groups in total. The molecule has 0 aromatic heterocycles. The summed E-state index contributed by atoms with van der Waals surface area (Å²) in [5.74, 6) is 0. The van der Waals surface area contributed by atoms with Crippen LogP contribution >= 0.6 is 0 Å². The molecule has 4 heteroatoms. The summed E-state index contributed by atoms with van der Waals surface area (Å²) in [6.07, 6.45) is 0.0912. The smallest absolute Gasteiger partial charge is 0.153 e. The molecule has 0 saturated carbocycles. The van der Waals surface area contributed by atoms with Gasteiger partial charge in [-0.15, -0.1) is 4.80 Å². The Morgan fingerprint density at radius 3 is 2.29 bits per heavy atom. The van der Waals surface area contributed by atoms with Crippen LogP contribution in [0.15, 0.2) is 4.80 Å². The Balaban J connectivity index is 2.81. The van der Waals surface area contributed by atoms with Crippen LogP contribution in [0.5, 0.6) is 0 Å². The zero-order chi connectivity index (χ0) is 5.70. The molecule has 42 valence electrons. The summed E-state index contributed by atoms with van der Waals surface area (Å²) in [5, 5.41) is 0. The van der Waals surface area contributed by atoms with Crippen molar-refractivity contribution in [3.63, 3.8) is 0 Å². The first-order valence-electron chi connectivity index (χ1n) is 2.06. The highest BCUT2D eigenvalue weighted by atomic mass is 28.1. The summed E-state index contributed by atoms with van der Waals surface area (Å²) < 4.78 is 0. The van der Waals surface area contributed by atoms with E-state index < -0.39 is 0 Å². The van der Waals surface area contributed by atoms with Crippen molar-refractivity contribution in [3.05, 3.63) is 0 Å². The average molecular weight is 119 g/mol. The number of hydrogen-bond donors (Lipinski definition) is 0. The zero-order valence-corrected chi connectivity index (χ0v) is 5.96. The molecule has 0 saturated heterocycles. The van der Waals surface area contributed by atoms with Gasteiger partial charge in [0.1, 0.15) is 6.10 Å². The fourth-order valence-corrected chi connectivity index (χ4v) is 0.177. The van der Waals surface area contributed by atoms with Crippen molar-refractivity contribution in [2.75, 3.05) is 0 Å². The molecule has 0 spiro atoms. The minimum Gasteiger partial charge on any atom is -0.232 e. The molecular formula is C3H9NO2Si. The standard InChI is InChI=1S/C3H9NO2Si/c1-3(2)5-6-4-7/h3H,7H2,1-2H3. The van der Waals surface area contributed by atoms with Crippen LogP contribution in [-0.4, -0.2) is 16.1 Å². The molecule has 0 aliphatic rings. The second-order valence-electron chi connectivity index (χ2n) is 1.35. The fourth-order valence-electron chi connectivity index (χ4n) is 0.116. The van der Waals surface area contributed by atoms with Gasteiger partial charge in [0, 0.05) is 0 Å². The summed E-state index contributed by atoms with van der Waals surface area (Å²) in [7, 11) is 1.35. The van der Waals surface area contributed by atoms with E-state index in [2.05, 4.69) is 14.7 Å². The quantitative estimate of drug-likeness (QED) is 0.299. The van der Waals surface area contributed by atoms with Gasteiger partial charge in [0.05, 0.1) is 0 Å². The van der Waals surface area contributed by atoms with Crippen molar-refractivity contribution in [1.82, 2.24) is 0 Å². The average Bonchev–Trinajstić information content (AvgIpc) is 1.61. The van der Waals surface area contributed by atoms with Crippen LogP contribution in [0.1, 0.15) is 13.8 Å². The summed E-state index contributed by atoms with van der Waals surface area (Å²) in [5.41, 5.74) is 0. The Kier molecular flexibility index (Phi) is 3.82. The first kappa shape index (κ1) is 6.78. The topological polar surface area (TPSA) is 30.8 Å². The highest BCUT2D eigenvalue weighted by Crippen LogP contribution is 1.86. The predicted molar refractivity (Wildman–Crippen MR) is 28.3 cm³/mol. The highest BCUT2D eigenvalue weighted by Gasteiger charge is 1.88. The van der Waals surface area contributed by atoms with Gasteiger partial charge in [-0.1, -0.05) is 0 Å². The van der Waals surface area contributed by atoms with Gasteiger partial charge in [-0.25, -0.2) is 4.99 Å². The van der Waals surface area contributed by atoms with Crippen LogP contribution in [-0.2, 0) is 9.88 Å². The summed E-state index contributed by atoms with van der Waals surface area (Å²) >= 11 is 0. The number of nitrogens with zero attached hydrogens (tertiary/aromatic N) is 1. The largest absolute Gasteiger partial charge is 0.232 e. The van der Waals surface area contributed by atoms with E-state index in [1.165, 1.54) is 10.0 Å². The molecule has 0 aromatic carbocycles. The minimum absolute atomic E-state index is 0.0912. The zero-order valence-electron chi connectivity index (χ0n) is 4.55. The van der Waals surface area contributed by atoms with Gasteiger partial charge in [-0.05, 0) is 13.8 Å². The van der Waals surface area contributed by atoms with E-state index >= 15 is 0 Å². The van der Waals surface area contributed by atoms with Gasteiger partial charge < -0.3 is 0 Å². The van der Waals surface area contributed by atoms with E-state index in [0.717, 1.165) is 0 Å². The minimum atomic E-state index is 0.0912. The van der Waals surface area contributed by atoms with Crippen molar-refractivity contribution in [1.29, 1.82) is 0 Å². The maximum absolute atomic E-state index is 4.53. The summed E-state index contributed by atoms with van der Waals surface area (Å²) in [4.78, 5) is 12.0. The van der Waals surface area contributed by atoms with Crippen LogP contribution < -0.4 is 0 Å². The van der Waals surface area contributed by atoms with Gasteiger partial charge in [-0.3, -0.25) is 0 Å². The second kappa shape index (κ2) is 3.95. The van der Waals surface area contributed by atoms with E-state index in [1.807, 2.05) is 13.8 Å². The molecular weight excluding hydrogens is 110 g/mol. The van der Waals surface area contributed by atoms with Crippen LogP contribution in [0.25, 0.3) is 0 Å². The summed E-state index contributed by atoms with van der Waals surface area (Å²) in [6, 6.07) is 0. The summed E-state index contributed by atoms with van der Waals surface area (Å²) in [6.45, 7) is 3.74. The lowest BCUT2D eigenvalue weighted by molar-refractivity contribution is -0.316. The number of rotatable bonds is 3. The van der Waals surface area contributed by atoms with Gasteiger partial charge in [0.2, 0.25) is 0 Å². The molecule has 7 heavy (non-hydrogen) atoms. The van der Waals surface area contributed by atoms with E-state index in [9.17, 15) is 0 Å². The lowest BCUT2D eigenvalue weighted by Gasteiger charge is -1.98. The lowest BCUT2D eigenvalue weighted by Crippen LogP contribution is -1.98. The Labute approximate surface area is 45.7 Å². The monoisotopic (exact) mass is 119 g/mol. The van der Waals surface area contributed by atoms with Crippen LogP contribution in [0.4, 0.5) is 0 Å². The van der Waals surface area contributed by atoms with Crippen molar-refractivity contribution in [2.45, 2.75) is 20.0 Å². The van der Waals surface area contributed by atoms with Crippen molar-refractivity contribution < 1.29 is 9.88 Å². The third kappa shape index (κ3) is 5.78. The molecule has 0 aliphatic heterocycles. The van der Waals surface area contributed by atoms with Crippen LogP contribution in [0, 0.1) is 0 Å². The molecule has 0 fully saturated rings. The Morgan fingerprint density at radius 1 is 1.57 bits per heavy atom. The van der Waals surface area contributed by atoms with Crippen LogP contribution in [0.2, 0.25) is 0 Å². The molecule has 0 aliphatic carbocycles. The fraction of sp³-hybridized carbons (Fsp3) is 1.00. The molecule has 0 amide bonds. The van der Waals surface area contributed by atoms with Crippen molar-refractivity contribution >= 4 is 10.0 Å². The Hall–Kier alpha value is -0.223. The van der Waals surface area contributed by atoms with Gasteiger partial charge in [0.15, 0.2) is 10.0 Å². The molecule has 0 rings (SSSR count). The first-order chi connectivity index (χ1) is 3.27. The lowest BCUT2D eigenvalue weighted by atomic mass is 10.5. The molecule has 3 nitrogen and oxygen atoms in total. The van der Waals surface area contributed by atoms with Gasteiger partial charge in [0.25, 0.3) is 0 Å². The highest BCUT2D eigenvalue weighted by molar-refractivity contribution is 5.91. The Morgan fingerprint density at radius 2 is 2.14 bits per heavy atom. The maximum Gasteiger partial charge on any atom is 0.153 e. The first-order valence-corrected chi connectivity index (χ1v) is 2.69. The van der Waals surface area contributed by atoms with E-state index in [1.54, 1.807) is 0 Å². The normalized spacial score (nSPS) is 9.00. The van der Waals surface area contributed by atoms with Gasteiger partial charge in [-0.2, -0.15) is 4.89 Å². The molecule has 0 radical (unpaired) electrons. The molecule has 0 heterocycles. The van der Waals surface area contributed by atoms with Crippen molar-refractivity contribution in [2.24, 2.45) is 4.80 Å². The van der Waals surface area contributed by atoms with Crippen LogP contribution in [0.3, 0.4) is 0 Å². The van der Waals surface area contributed by atoms with Gasteiger partial charge >= 0.3 is 0 Å². The predicted octanol–water partition coefficient (Wildman–Crippen LogP) is 0.0747. The molecule has 0 atom stereocenters. The Bertz CT molecular complexity index is 56.9. The van der Waals surface area contributed by atoms with E-state index in [-0.39, 0.29) is 6.10 Å². The third-order valence-corrected chi connectivity index (χ3v) is 0.394. The van der Waals surface area contributed by atoms with Crippen molar-refractivity contribution in [3.8, 4) is 0 Å².